The van der Waals surface area contributed by atoms with Crippen molar-refractivity contribution >= 4 is 17.2 Å². The molecule has 1 amide bonds. The molecule has 1 aliphatic rings. The van der Waals surface area contributed by atoms with Crippen molar-refractivity contribution in [1.82, 2.24) is 9.88 Å². The molecule has 2 rings (SSSR count). The molecule has 106 valence electrons. The van der Waals surface area contributed by atoms with E-state index in [1.54, 1.807) is 6.20 Å². The van der Waals surface area contributed by atoms with Gasteiger partial charge in [-0.2, -0.15) is 0 Å². The Morgan fingerprint density at radius 1 is 1.47 bits per heavy atom. The van der Waals surface area contributed by atoms with Gasteiger partial charge in [0, 0.05) is 12.0 Å². The lowest BCUT2D eigenvalue weighted by molar-refractivity contribution is -0.0368. The zero-order valence-corrected chi connectivity index (χ0v) is 13.1. The number of aromatic nitrogens is 1. The van der Waals surface area contributed by atoms with E-state index in [9.17, 15) is 4.79 Å². The van der Waals surface area contributed by atoms with E-state index in [1.807, 2.05) is 18.7 Å². The molecule has 0 N–H and O–H groups in total. The van der Waals surface area contributed by atoms with Crippen LogP contribution in [0.1, 0.15) is 49.3 Å². The lowest BCUT2D eigenvalue weighted by Crippen LogP contribution is -2.55. The second kappa shape index (κ2) is 4.87. The Hall–Kier alpha value is -0.940. The van der Waals surface area contributed by atoms with E-state index in [2.05, 4.69) is 25.8 Å². The van der Waals surface area contributed by atoms with Crippen LogP contribution in [0, 0.1) is 0 Å². The molecule has 0 radical (unpaired) electrons. The molecule has 2 heterocycles. The molecule has 1 fully saturated rings. The van der Waals surface area contributed by atoms with E-state index in [0.717, 1.165) is 9.88 Å². The molecular formula is C14H22N2O2S. The number of amides is 1. The highest BCUT2D eigenvalue weighted by Gasteiger charge is 2.35. The molecule has 19 heavy (non-hydrogen) atoms. The van der Waals surface area contributed by atoms with Gasteiger partial charge in [0.1, 0.15) is 4.88 Å². The Morgan fingerprint density at radius 3 is 2.68 bits per heavy atom. The minimum Gasteiger partial charge on any atom is -0.377 e. The highest BCUT2D eigenvalue weighted by molar-refractivity contribution is 7.13. The van der Waals surface area contributed by atoms with E-state index in [4.69, 9.17) is 4.74 Å². The molecule has 5 heteroatoms. The summed E-state index contributed by atoms with van der Waals surface area (Å²) in [4.78, 5) is 19.6. The normalized spacial score (nSPS) is 19.5. The van der Waals surface area contributed by atoms with Crippen LogP contribution < -0.4 is 0 Å². The molecule has 0 atom stereocenters. The van der Waals surface area contributed by atoms with Crippen molar-refractivity contribution in [3.63, 3.8) is 0 Å². The van der Waals surface area contributed by atoms with Crippen molar-refractivity contribution < 1.29 is 9.53 Å². The summed E-state index contributed by atoms with van der Waals surface area (Å²) in [6.45, 7) is 12.3. The van der Waals surface area contributed by atoms with Gasteiger partial charge in [0.05, 0.1) is 30.0 Å². The number of thiazole rings is 1. The number of ether oxygens (including phenoxy) is 1. The molecule has 0 unspecified atom stereocenters. The van der Waals surface area contributed by atoms with Crippen molar-refractivity contribution in [3.8, 4) is 0 Å². The summed E-state index contributed by atoms with van der Waals surface area (Å²) in [5.74, 6) is 0.0706. The monoisotopic (exact) mass is 282 g/mol. The third-order valence-corrected chi connectivity index (χ3v) is 4.66. The van der Waals surface area contributed by atoms with Gasteiger partial charge in [-0.15, -0.1) is 11.3 Å². The lowest BCUT2D eigenvalue weighted by atomic mass is 9.98. The van der Waals surface area contributed by atoms with Crippen LogP contribution in [0.2, 0.25) is 0 Å². The van der Waals surface area contributed by atoms with Gasteiger partial charge in [0.25, 0.3) is 5.91 Å². The molecule has 1 saturated heterocycles. The average Bonchev–Trinajstić information content (AvgIpc) is 2.76. The van der Waals surface area contributed by atoms with Crippen LogP contribution in [0.5, 0.6) is 0 Å². The number of nitrogens with zero attached hydrogens (tertiary/aromatic N) is 2. The van der Waals surface area contributed by atoms with Gasteiger partial charge in [-0.25, -0.2) is 4.98 Å². The van der Waals surface area contributed by atoms with Crippen molar-refractivity contribution in [2.24, 2.45) is 0 Å². The maximum Gasteiger partial charge on any atom is 0.266 e. The Morgan fingerprint density at radius 2 is 2.16 bits per heavy atom. The summed E-state index contributed by atoms with van der Waals surface area (Å²) in [5, 5.41) is 1.00. The number of carbonyl (C=O) groups is 1. The van der Waals surface area contributed by atoms with Crippen LogP contribution in [-0.4, -0.2) is 41.1 Å². The van der Waals surface area contributed by atoms with Crippen LogP contribution in [0.4, 0.5) is 0 Å². The van der Waals surface area contributed by atoms with Gasteiger partial charge in [0.15, 0.2) is 0 Å². The maximum absolute atomic E-state index is 12.6. The Balaban J connectivity index is 2.22. The highest BCUT2D eigenvalue weighted by atomic mass is 32.1. The van der Waals surface area contributed by atoms with E-state index in [0.29, 0.717) is 19.8 Å². The van der Waals surface area contributed by atoms with Crippen LogP contribution >= 0.6 is 11.3 Å². The molecular weight excluding hydrogens is 260 g/mol. The van der Waals surface area contributed by atoms with E-state index < -0.39 is 0 Å². The van der Waals surface area contributed by atoms with Crippen LogP contribution in [0.15, 0.2) is 6.20 Å². The summed E-state index contributed by atoms with van der Waals surface area (Å²) in [7, 11) is 0. The minimum atomic E-state index is -0.249. The maximum atomic E-state index is 12.6. The number of morpholine rings is 1. The Kier molecular flexibility index (Phi) is 3.71. The summed E-state index contributed by atoms with van der Waals surface area (Å²) in [6, 6.07) is 0. The zero-order chi connectivity index (χ0) is 14.3. The second-order valence-corrected chi connectivity index (χ2v) is 7.63. The highest BCUT2D eigenvalue weighted by Crippen LogP contribution is 2.29. The van der Waals surface area contributed by atoms with Crippen LogP contribution in [-0.2, 0) is 10.2 Å². The molecule has 0 aromatic carbocycles. The average molecular weight is 282 g/mol. The third-order valence-electron chi connectivity index (χ3n) is 3.25. The Bertz CT molecular complexity index is 474. The predicted molar refractivity (Wildman–Crippen MR) is 76.7 cm³/mol. The molecule has 0 bridgehead atoms. The van der Waals surface area contributed by atoms with Crippen molar-refractivity contribution in [1.29, 1.82) is 0 Å². The fourth-order valence-electron chi connectivity index (χ4n) is 2.09. The van der Waals surface area contributed by atoms with Crippen LogP contribution in [0.25, 0.3) is 0 Å². The number of hydrogen-bond donors (Lipinski definition) is 0. The quantitative estimate of drug-likeness (QED) is 0.795. The first-order valence-electron chi connectivity index (χ1n) is 6.58. The molecule has 1 aromatic heterocycles. The first-order valence-corrected chi connectivity index (χ1v) is 7.39. The minimum absolute atomic E-state index is 0.0102. The third kappa shape index (κ3) is 2.98. The zero-order valence-electron chi connectivity index (χ0n) is 12.3. The standard InChI is InChI=1S/C14H22N2O2S/c1-13(2,3)12-15-8-10(19-12)11(17)16-6-7-18-9-14(16,4)5/h8H,6-7,9H2,1-5H3. The molecule has 1 aliphatic heterocycles. The topological polar surface area (TPSA) is 42.4 Å². The van der Waals surface area contributed by atoms with Crippen molar-refractivity contribution in [2.45, 2.75) is 45.6 Å². The van der Waals surface area contributed by atoms with Gasteiger partial charge in [-0.05, 0) is 13.8 Å². The first kappa shape index (κ1) is 14.5. The largest absolute Gasteiger partial charge is 0.377 e. The fourth-order valence-corrected chi connectivity index (χ4v) is 3.01. The molecule has 0 aliphatic carbocycles. The van der Waals surface area contributed by atoms with E-state index in [-0.39, 0.29) is 16.9 Å². The van der Waals surface area contributed by atoms with E-state index in [1.165, 1.54) is 11.3 Å². The van der Waals surface area contributed by atoms with Gasteiger partial charge in [-0.1, -0.05) is 20.8 Å². The first-order chi connectivity index (χ1) is 8.72. The molecule has 0 saturated carbocycles. The summed E-state index contributed by atoms with van der Waals surface area (Å²) in [6.07, 6.45) is 1.71. The fraction of sp³-hybridized carbons (Fsp3) is 0.714. The van der Waals surface area contributed by atoms with Crippen LogP contribution in [0.3, 0.4) is 0 Å². The van der Waals surface area contributed by atoms with Gasteiger partial charge >= 0.3 is 0 Å². The smallest absolute Gasteiger partial charge is 0.266 e. The number of rotatable bonds is 1. The van der Waals surface area contributed by atoms with E-state index >= 15 is 0 Å². The van der Waals surface area contributed by atoms with Gasteiger partial charge < -0.3 is 9.64 Å². The van der Waals surface area contributed by atoms with Gasteiger partial charge in [-0.3, -0.25) is 4.79 Å². The number of hydrogen-bond acceptors (Lipinski definition) is 4. The molecule has 4 nitrogen and oxygen atoms in total. The second-order valence-electron chi connectivity index (χ2n) is 6.60. The van der Waals surface area contributed by atoms with Crippen molar-refractivity contribution in [3.05, 3.63) is 16.1 Å². The summed E-state index contributed by atoms with van der Waals surface area (Å²) >= 11 is 1.50. The Labute approximate surface area is 118 Å². The molecule has 0 spiro atoms. The predicted octanol–water partition coefficient (Wildman–Crippen LogP) is 2.69. The lowest BCUT2D eigenvalue weighted by Gasteiger charge is -2.41. The molecule has 1 aromatic rings. The van der Waals surface area contributed by atoms with Gasteiger partial charge in [0.2, 0.25) is 0 Å². The summed E-state index contributed by atoms with van der Waals surface area (Å²) < 4.78 is 5.45. The summed E-state index contributed by atoms with van der Waals surface area (Å²) in [5.41, 5.74) is -0.259. The SMILES string of the molecule is CC(C)(C)c1ncc(C(=O)N2CCOCC2(C)C)s1. The van der Waals surface area contributed by atoms with Crippen molar-refractivity contribution in [2.75, 3.05) is 19.8 Å². The number of carbonyl (C=O) groups excluding carboxylic acids is 1.